The average molecular weight is 233 g/mol. The molecule has 0 aromatic rings. The van der Waals surface area contributed by atoms with Gasteiger partial charge in [-0.05, 0) is 20.3 Å². The van der Waals surface area contributed by atoms with E-state index in [2.05, 4.69) is 4.72 Å². The number of rotatable bonds is 4. The third-order valence-corrected chi connectivity index (χ3v) is 4.21. The summed E-state index contributed by atoms with van der Waals surface area (Å²) in [5.74, 6) is -1.50. The Morgan fingerprint density at radius 3 is 2.47 bits per heavy atom. The molecule has 0 heterocycles. The molecule has 86 valence electrons. The Balaban J connectivity index is 2.59. The lowest BCUT2D eigenvalue weighted by Gasteiger charge is -2.14. The lowest BCUT2D eigenvalue weighted by atomic mass is 10.1. The zero-order valence-electron chi connectivity index (χ0n) is 8.67. The normalized spacial score (nSPS) is 26.1. The van der Waals surface area contributed by atoms with Gasteiger partial charge in [-0.25, -0.2) is 13.1 Å². The third-order valence-electron chi connectivity index (χ3n) is 2.34. The molecule has 2 atom stereocenters. The van der Waals surface area contributed by atoms with Gasteiger partial charge in [0, 0.05) is 6.04 Å². The Morgan fingerprint density at radius 2 is 2.07 bits per heavy atom. The minimum atomic E-state index is -3.32. The third kappa shape index (κ3) is 3.04. The molecule has 6 heteroatoms. The molecule has 2 N–H and O–H groups in total. The number of carboxylic acid groups (broad SMARTS) is 1. The van der Waals surface area contributed by atoms with E-state index in [1.54, 1.807) is 19.9 Å². The monoisotopic (exact) mass is 233 g/mol. The Bertz CT molecular complexity index is 372. The Kier molecular flexibility index (Phi) is 3.51. The van der Waals surface area contributed by atoms with Crippen molar-refractivity contribution in [3.63, 3.8) is 0 Å². The molecular formula is C9H15NO4S. The van der Waals surface area contributed by atoms with E-state index >= 15 is 0 Å². The molecule has 0 fully saturated rings. The first kappa shape index (κ1) is 12.2. The van der Waals surface area contributed by atoms with E-state index < -0.39 is 33.2 Å². The van der Waals surface area contributed by atoms with Crippen LogP contribution in [-0.4, -0.2) is 30.8 Å². The Labute approximate surface area is 89.2 Å². The predicted molar refractivity (Wildman–Crippen MR) is 55.9 cm³/mol. The van der Waals surface area contributed by atoms with Crippen LogP contribution in [-0.2, 0) is 14.8 Å². The van der Waals surface area contributed by atoms with Gasteiger partial charge in [0.05, 0.1) is 11.2 Å². The van der Waals surface area contributed by atoms with Gasteiger partial charge < -0.3 is 5.11 Å². The maximum atomic E-state index is 11.5. The topological polar surface area (TPSA) is 83.5 Å². The molecule has 1 rings (SSSR count). The fourth-order valence-electron chi connectivity index (χ4n) is 1.32. The number of nitrogens with one attached hydrogen (secondary N) is 1. The van der Waals surface area contributed by atoms with Crippen molar-refractivity contribution in [2.24, 2.45) is 5.92 Å². The fourth-order valence-corrected chi connectivity index (χ4v) is 2.19. The molecule has 0 amide bonds. The summed E-state index contributed by atoms with van der Waals surface area (Å²) in [6.07, 6.45) is 3.41. The van der Waals surface area contributed by atoms with Crippen molar-refractivity contribution in [2.75, 3.05) is 0 Å². The number of carboxylic acids is 1. The van der Waals surface area contributed by atoms with E-state index in [4.69, 9.17) is 5.11 Å². The largest absolute Gasteiger partial charge is 0.481 e. The highest BCUT2D eigenvalue weighted by atomic mass is 32.2. The van der Waals surface area contributed by atoms with Gasteiger partial charge in [0.25, 0.3) is 0 Å². The van der Waals surface area contributed by atoms with Gasteiger partial charge in [0.15, 0.2) is 0 Å². The van der Waals surface area contributed by atoms with Crippen molar-refractivity contribution in [3.8, 4) is 0 Å². The zero-order chi connectivity index (χ0) is 11.6. The van der Waals surface area contributed by atoms with Gasteiger partial charge in [0.1, 0.15) is 0 Å². The summed E-state index contributed by atoms with van der Waals surface area (Å²) in [5.41, 5.74) is 0. The van der Waals surface area contributed by atoms with Crippen LogP contribution < -0.4 is 4.72 Å². The summed E-state index contributed by atoms with van der Waals surface area (Å²) in [6, 6.07) is -0.390. The second kappa shape index (κ2) is 4.32. The zero-order valence-corrected chi connectivity index (χ0v) is 9.49. The van der Waals surface area contributed by atoms with Gasteiger partial charge in [-0.3, -0.25) is 4.79 Å². The van der Waals surface area contributed by atoms with Crippen molar-refractivity contribution < 1.29 is 18.3 Å². The summed E-state index contributed by atoms with van der Waals surface area (Å²) in [4.78, 5) is 10.6. The molecule has 1 aliphatic carbocycles. The van der Waals surface area contributed by atoms with Crippen LogP contribution in [0.3, 0.4) is 0 Å². The van der Waals surface area contributed by atoms with E-state index in [1.807, 2.05) is 0 Å². The van der Waals surface area contributed by atoms with Gasteiger partial charge >= 0.3 is 5.97 Å². The fraction of sp³-hybridized carbons (Fsp3) is 0.667. The summed E-state index contributed by atoms with van der Waals surface area (Å²) in [5, 5.41) is 8.21. The SMILES string of the molecule is CC(C)S(=O)(=O)NC1C=CC(C(=O)O)C1. The maximum Gasteiger partial charge on any atom is 0.310 e. The average Bonchev–Trinajstić information content (AvgIpc) is 2.51. The minimum Gasteiger partial charge on any atom is -0.481 e. The van der Waals surface area contributed by atoms with E-state index in [-0.39, 0.29) is 0 Å². The van der Waals surface area contributed by atoms with Crippen molar-refractivity contribution in [2.45, 2.75) is 31.6 Å². The maximum absolute atomic E-state index is 11.5. The first-order chi connectivity index (χ1) is 6.83. The molecule has 0 radical (unpaired) electrons. The van der Waals surface area contributed by atoms with Crippen LogP contribution in [0, 0.1) is 5.92 Å². The molecule has 0 bridgehead atoms. The van der Waals surface area contributed by atoms with Crippen LogP contribution >= 0.6 is 0 Å². The molecule has 0 spiro atoms. The van der Waals surface area contributed by atoms with Crippen molar-refractivity contribution in [1.29, 1.82) is 0 Å². The highest BCUT2D eigenvalue weighted by Crippen LogP contribution is 2.19. The van der Waals surface area contributed by atoms with E-state index in [0.717, 1.165) is 0 Å². The summed E-state index contributed by atoms with van der Waals surface area (Å²) >= 11 is 0. The molecule has 0 aromatic heterocycles. The van der Waals surface area contributed by atoms with Crippen LogP contribution in [0.2, 0.25) is 0 Å². The summed E-state index contributed by atoms with van der Waals surface area (Å²) < 4.78 is 25.4. The number of sulfonamides is 1. The van der Waals surface area contributed by atoms with Gasteiger partial charge in [-0.15, -0.1) is 0 Å². The van der Waals surface area contributed by atoms with Crippen LogP contribution in [0.15, 0.2) is 12.2 Å². The van der Waals surface area contributed by atoms with Crippen LogP contribution in [0.25, 0.3) is 0 Å². The van der Waals surface area contributed by atoms with Crippen molar-refractivity contribution in [1.82, 2.24) is 4.72 Å². The molecule has 15 heavy (non-hydrogen) atoms. The first-order valence-electron chi connectivity index (χ1n) is 4.75. The van der Waals surface area contributed by atoms with E-state index in [0.29, 0.717) is 6.42 Å². The van der Waals surface area contributed by atoms with Gasteiger partial charge in [-0.2, -0.15) is 0 Å². The minimum absolute atomic E-state index is 0.293. The van der Waals surface area contributed by atoms with Gasteiger partial charge in [0.2, 0.25) is 10.0 Å². The molecule has 0 aromatic carbocycles. The first-order valence-corrected chi connectivity index (χ1v) is 6.30. The molecule has 0 saturated heterocycles. The molecule has 0 aliphatic heterocycles. The Hall–Kier alpha value is -0.880. The van der Waals surface area contributed by atoms with Crippen LogP contribution in [0.5, 0.6) is 0 Å². The molecule has 1 aliphatic rings. The molecule has 5 nitrogen and oxygen atoms in total. The second-order valence-electron chi connectivity index (χ2n) is 3.88. The molecule has 2 unspecified atom stereocenters. The standard InChI is InChI=1S/C9H15NO4S/c1-6(2)15(13,14)10-8-4-3-7(5-8)9(11)12/h3-4,6-8,10H,5H2,1-2H3,(H,11,12). The summed E-state index contributed by atoms with van der Waals surface area (Å²) in [7, 11) is -3.32. The second-order valence-corrected chi connectivity index (χ2v) is 6.15. The molecule has 0 saturated carbocycles. The van der Waals surface area contributed by atoms with Crippen molar-refractivity contribution in [3.05, 3.63) is 12.2 Å². The van der Waals surface area contributed by atoms with Crippen molar-refractivity contribution >= 4 is 16.0 Å². The highest BCUT2D eigenvalue weighted by molar-refractivity contribution is 7.90. The Morgan fingerprint density at radius 1 is 1.47 bits per heavy atom. The van der Waals surface area contributed by atoms with Crippen LogP contribution in [0.4, 0.5) is 0 Å². The number of hydrogen-bond donors (Lipinski definition) is 2. The van der Waals surface area contributed by atoms with Crippen LogP contribution in [0.1, 0.15) is 20.3 Å². The predicted octanol–water partition coefficient (Wildman–Crippen LogP) is 0.343. The van der Waals surface area contributed by atoms with Gasteiger partial charge in [-0.1, -0.05) is 12.2 Å². The smallest absolute Gasteiger partial charge is 0.310 e. The number of hydrogen-bond acceptors (Lipinski definition) is 3. The summed E-state index contributed by atoms with van der Waals surface area (Å²) in [6.45, 7) is 3.16. The van der Waals surface area contributed by atoms with E-state index in [9.17, 15) is 13.2 Å². The lowest BCUT2D eigenvalue weighted by molar-refractivity contribution is -0.140. The van der Waals surface area contributed by atoms with E-state index in [1.165, 1.54) is 6.08 Å². The lowest BCUT2D eigenvalue weighted by Crippen LogP contribution is -2.37. The molecular weight excluding hydrogens is 218 g/mol. The number of carbonyl (C=O) groups is 1. The highest BCUT2D eigenvalue weighted by Gasteiger charge is 2.28. The quantitative estimate of drug-likeness (QED) is 0.686. The number of aliphatic carboxylic acids is 1.